The fourth-order valence-electron chi connectivity index (χ4n) is 3.94. The van der Waals surface area contributed by atoms with Gasteiger partial charge in [-0.15, -0.1) is 11.3 Å². The molecule has 2 aromatic rings. The van der Waals surface area contributed by atoms with Crippen molar-refractivity contribution in [1.82, 2.24) is 9.97 Å². The quantitative estimate of drug-likeness (QED) is 0.431. The Labute approximate surface area is 170 Å². The largest absolute Gasteiger partial charge is 0.454 e. The summed E-state index contributed by atoms with van der Waals surface area (Å²) in [4.78, 5) is 56.1. The van der Waals surface area contributed by atoms with Gasteiger partial charge in [0.05, 0.1) is 11.8 Å². The highest BCUT2D eigenvalue weighted by atomic mass is 32.1. The van der Waals surface area contributed by atoms with Crippen LogP contribution in [0.3, 0.4) is 0 Å². The fraction of sp³-hybridized carbons (Fsp3) is 0.579. The molecule has 2 aromatic heterocycles. The summed E-state index contributed by atoms with van der Waals surface area (Å²) in [5.41, 5.74) is 0.584. The van der Waals surface area contributed by atoms with Gasteiger partial charge in [0, 0.05) is 28.1 Å². The lowest BCUT2D eigenvalue weighted by Gasteiger charge is -2.18. The van der Waals surface area contributed by atoms with Crippen molar-refractivity contribution in [3.63, 3.8) is 0 Å². The van der Waals surface area contributed by atoms with Crippen LogP contribution in [0.25, 0.3) is 10.2 Å². The van der Waals surface area contributed by atoms with Crippen LogP contribution in [-0.4, -0.2) is 33.2 Å². The van der Waals surface area contributed by atoms with Crippen LogP contribution in [0.1, 0.15) is 49.1 Å². The van der Waals surface area contributed by atoms with Gasteiger partial charge in [-0.3, -0.25) is 24.5 Å². The molecule has 3 rings (SSSR count). The van der Waals surface area contributed by atoms with Crippen LogP contribution in [0, 0.1) is 41.7 Å². The van der Waals surface area contributed by atoms with Crippen molar-refractivity contribution >= 4 is 33.3 Å². The van der Waals surface area contributed by atoms with Crippen LogP contribution in [0.2, 0.25) is 0 Å². The molecule has 0 unspecified atom stereocenters. The van der Waals surface area contributed by atoms with Gasteiger partial charge in [-0.2, -0.15) is 0 Å². The molecule has 0 bridgehead atoms. The maximum Gasteiger partial charge on any atom is 0.307 e. The van der Waals surface area contributed by atoms with E-state index in [1.54, 1.807) is 13.8 Å². The smallest absolute Gasteiger partial charge is 0.307 e. The molecular weight excluding hydrogens is 398 g/mol. The summed E-state index contributed by atoms with van der Waals surface area (Å²) in [6, 6.07) is 0. The Bertz CT molecular complexity index is 1040. The summed E-state index contributed by atoms with van der Waals surface area (Å²) in [5, 5.41) is 11.4. The number of ether oxygens (including phenoxy) is 1. The van der Waals surface area contributed by atoms with E-state index in [-0.39, 0.29) is 42.5 Å². The molecule has 0 amide bonds. The molecule has 0 spiro atoms. The summed E-state index contributed by atoms with van der Waals surface area (Å²) >= 11 is 1.40. The Morgan fingerprint density at radius 1 is 1.41 bits per heavy atom. The predicted molar refractivity (Wildman–Crippen MR) is 106 cm³/mol. The topological polar surface area (TPSA) is 132 Å². The molecule has 1 aliphatic rings. The second-order valence-corrected chi connectivity index (χ2v) is 8.89. The highest BCUT2D eigenvalue weighted by Crippen LogP contribution is 2.37. The Kier molecular flexibility index (Phi) is 5.83. The SMILES string of the molecule is Cc1sc2nc([C@@H](C)OC(=O)C[C@H]3C(=O)C[C@@H](C)[C@H]3C[N+](=O)[O-])[nH]c(=O)c2c1C. The standard InChI is InChI=1S/C19H23N3O6S/c1-8-5-14(23)12(13(8)7-22(26)27)6-15(24)28-10(3)17-20-18(25)16-9(2)11(4)29-19(16)21-17/h8,10,12-13H,5-7H2,1-4H3,(H,20,21,25)/t8-,10-,12-,13-/m1/s1. The molecule has 9 nitrogen and oxygen atoms in total. The average molecular weight is 421 g/mol. The first-order chi connectivity index (χ1) is 13.6. The molecule has 0 aliphatic heterocycles. The van der Waals surface area contributed by atoms with Crippen molar-refractivity contribution in [2.45, 2.75) is 46.6 Å². The molecule has 1 fully saturated rings. The van der Waals surface area contributed by atoms with Gasteiger partial charge in [0.15, 0.2) is 11.9 Å². The number of carbonyl (C=O) groups is 2. The normalized spacial score (nSPS) is 22.8. The molecule has 2 heterocycles. The number of aromatic nitrogens is 2. The van der Waals surface area contributed by atoms with E-state index in [0.29, 0.717) is 10.2 Å². The minimum Gasteiger partial charge on any atom is -0.454 e. The van der Waals surface area contributed by atoms with E-state index in [1.165, 1.54) is 11.3 Å². The molecule has 1 N–H and O–H groups in total. The third kappa shape index (κ3) is 4.21. The number of nitrogens with zero attached hydrogens (tertiary/aromatic N) is 2. The molecule has 4 atom stereocenters. The van der Waals surface area contributed by atoms with Gasteiger partial charge in [-0.1, -0.05) is 6.92 Å². The third-order valence-electron chi connectivity index (χ3n) is 5.68. The van der Waals surface area contributed by atoms with Gasteiger partial charge in [0.1, 0.15) is 10.6 Å². The number of aromatic amines is 1. The van der Waals surface area contributed by atoms with Crippen molar-refractivity contribution in [3.8, 4) is 0 Å². The summed E-state index contributed by atoms with van der Waals surface area (Å²) in [5.74, 6) is -1.90. The van der Waals surface area contributed by atoms with E-state index in [2.05, 4.69) is 9.97 Å². The van der Waals surface area contributed by atoms with Gasteiger partial charge < -0.3 is 9.72 Å². The number of esters is 1. The van der Waals surface area contributed by atoms with Crippen LogP contribution in [0.15, 0.2) is 4.79 Å². The Hall–Kier alpha value is -2.62. The Morgan fingerprint density at radius 2 is 2.10 bits per heavy atom. The number of aryl methyl sites for hydroxylation is 2. The minimum atomic E-state index is -0.815. The molecule has 156 valence electrons. The van der Waals surface area contributed by atoms with Crippen LogP contribution < -0.4 is 5.56 Å². The zero-order valence-corrected chi connectivity index (χ0v) is 17.5. The summed E-state index contributed by atoms with van der Waals surface area (Å²) in [6.07, 6.45) is -0.796. The summed E-state index contributed by atoms with van der Waals surface area (Å²) in [6.45, 7) is 6.79. The highest BCUT2D eigenvalue weighted by Gasteiger charge is 2.44. The summed E-state index contributed by atoms with van der Waals surface area (Å²) < 4.78 is 5.39. The number of nitro groups is 1. The number of rotatable bonds is 6. The highest BCUT2D eigenvalue weighted by molar-refractivity contribution is 7.18. The van der Waals surface area contributed by atoms with Gasteiger partial charge in [0.2, 0.25) is 6.54 Å². The second kappa shape index (κ2) is 8.02. The molecule has 0 saturated heterocycles. The lowest BCUT2D eigenvalue weighted by Crippen LogP contribution is -2.28. The first kappa shape index (κ1) is 21.1. The number of carbonyl (C=O) groups excluding carboxylic acids is 2. The van der Waals surface area contributed by atoms with Crippen molar-refractivity contribution in [3.05, 3.63) is 36.7 Å². The number of hydrogen-bond donors (Lipinski definition) is 1. The molecular formula is C19H23N3O6S. The van der Waals surface area contributed by atoms with Crippen molar-refractivity contribution in [2.75, 3.05) is 6.54 Å². The van der Waals surface area contributed by atoms with E-state index in [4.69, 9.17) is 4.74 Å². The van der Waals surface area contributed by atoms with Crippen LogP contribution in [0.5, 0.6) is 0 Å². The van der Waals surface area contributed by atoms with Crippen molar-refractivity contribution < 1.29 is 19.2 Å². The van der Waals surface area contributed by atoms with Crippen molar-refractivity contribution in [1.29, 1.82) is 0 Å². The minimum absolute atomic E-state index is 0.145. The lowest BCUT2D eigenvalue weighted by atomic mass is 9.88. The lowest BCUT2D eigenvalue weighted by molar-refractivity contribution is -0.490. The van der Waals surface area contributed by atoms with E-state index in [1.807, 2.05) is 13.8 Å². The molecule has 29 heavy (non-hydrogen) atoms. The van der Waals surface area contributed by atoms with E-state index in [9.17, 15) is 24.5 Å². The summed E-state index contributed by atoms with van der Waals surface area (Å²) in [7, 11) is 0. The maximum absolute atomic E-state index is 12.4. The van der Waals surface area contributed by atoms with Crippen LogP contribution in [-0.2, 0) is 14.3 Å². The molecule has 0 radical (unpaired) electrons. The predicted octanol–water partition coefficient (Wildman–Crippen LogP) is 2.71. The van der Waals surface area contributed by atoms with Gasteiger partial charge in [0.25, 0.3) is 5.56 Å². The number of thiophene rings is 1. The average Bonchev–Trinajstić information content (AvgIpc) is 3.04. The third-order valence-corrected chi connectivity index (χ3v) is 6.78. The number of nitrogens with one attached hydrogen (secondary N) is 1. The maximum atomic E-state index is 12.4. The van der Waals surface area contributed by atoms with E-state index < -0.39 is 28.8 Å². The van der Waals surface area contributed by atoms with E-state index in [0.717, 1.165) is 10.4 Å². The van der Waals surface area contributed by atoms with Crippen LogP contribution >= 0.6 is 11.3 Å². The zero-order valence-electron chi connectivity index (χ0n) is 16.7. The number of Topliss-reactive ketones (excluding diaryl/α,β-unsaturated/α-hetero) is 1. The molecule has 0 aromatic carbocycles. The van der Waals surface area contributed by atoms with Gasteiger partial charge in [-0.25, -0.2) is 4.98 Å². The van der Waals surface area contributed by atoms with Gasteiger partial charge >= 0.3 is 5.97 Å². The molecule has 1 saturated carbocycles. The van der Waals surface area contributed by atoms with E-state index >= 15 is 0 Å². The zero-order chi connectivity index (χ0) is 21.5. The molecule has 10 heteroatoms. The number of fused-ring (bicyclic) bond motifs is 1. The second-order valence-electron chi connectivity index (χ2n) is 7.68. The first-order valence-electron chi connectivity index (χ1n) is 9.42. The van der Waals surface area contributed by atoms with Gasteiger partial charge in [-0.05, 0) is 32.3 Å². The first-order valence-corrected chi connectivity index (χ1v) is 10.2. The fourth-order valence-corrected chi connectivity index (χ4v) is 4.98. The Morgan fingerprint density at radius 3 is 2.76 bits per heavy atom. The number of ketones is 1. The monoisotopic (exact) mass is 421 g/mol. The van der Waals surface area contributed by atoms with Crippen molar-refractivity contribution in [2.24, 2.45) is 17.8 Å². The van der Waals surface area contributed by atoms with Crippen LogP contribution in [0.4, 0.5) is 0 Å². The molecule has 1 aliphatic carbocycles. The Balaban J connectivity index is 1.73. The number of hydrogen-bond acceptors (Lipinski definition) is 8. The number of H-pyrrole nitrogens is 1.